The lowest BCUT2D eigenvalue weighted by molar-refractivity contribution is 0.945. The Hall–Kier alpha value is -1.84. The molecular weight excluding hydrogens is 176 g/mol. The van der Waals surface area contributed by atoms with Crippen LogP contribution in [0.15, 0.2) is 37.1 Å². The van der Waals surface area contributed by atoms with E-state index in [1.54, 1.807) is 4.52 Å². The van der Waals surface area contributed by atoms with Crippen LogP contribution in [0.25, 0.3) is 5.65 Å². The molecule has 0 aliphatic heterocycles. The Kier molecular flexibility index (Phi) is 2.44. The standard InChI is InChI=1S/C10H12N4/c1-2-3-7-11-10-12-9-6-4-5-8-14(9)13-10/h2,4-6,8H,1,3,7H2,(H,11,13). The molecule has 2 aromatic rings. The number of fused-ring (bicyclic) bond motifs is 1. The number of anilines is 1. The number of rotatable bonds is 4. The lowest BCUT2D eigenvalue weighted by Gasteiger charge is -1.95. The highest BCUT2D eigenvalue weighted by molar-refractivity contribution is 5.42. The summed E-state index contributed by atoms with van der Waals surface area (Å²) >= 11 is 0. The van der Waals surface area contributed by atoms with Gasteiger partial charge in [0, 0.05) is 12.7 Å². The number of hydrogen-bond donors (Lipinski definition) is 1. The summed E-state index contributed by atoms with van der Waals surface area (Å²) in [5, 5.41) is 7.37. The van der Waals surface area contributed by atoms with E-state index >= 15 is 0 Å². The minimum atomic E-state index is 0.665. The Balaban J connectivity index is 2.14. The van der Waals surface area contributed by atoms with Crippen molar-refractivity contribution in [1.29, 1.82) is 0 Å². The first-order chi connectivity index (χ1) is 6.90. The monoisotopic (exact) mass is 188 g/mol. The van der Waals surface area contributed by atoms with Crippen molar-refractivity contribution in [3.63, 3.8) is 0 Å². The van der Waals surface area contributed by atoms with Crippen molar-refractivity contribution in [2.75, 3.05) is 11.9 Å². The molecule has 0 spiro atoms. The van der Waals surface area contributed by atoms with Gasteiger partial charge in [0.2, 0.25) is 5.95 Å². The lowest BCUT2D eigenvalue weighted by atomic mass is 10.4. The van der Waals surface area contributed by atoms with Crippen molar-refractivity contribution in [2.45, 2.75) is 6.42 Å². The summed E-state index contributed by atoms with van der Waals surface area (Å²) in [4.78, 5) is 4.29. The predicted octanol–water partition coefficient (Wildman–Crippen LogP) is 1.72. The van der Waals surface area contributed by atoms with Crippen LogP contribution < -0.4 is 5.32 Å². The summed E-state index contributed by atoms with van der Waals surface area (Å²) in [6.07, 6.45) is 4.65. The zero-order valence-electron chi connectivity index (χ0n) is 7.85. The average Bonchev–Trinajstić information content (AvgIpc) is 2.60. The highest BCUT2D eigenvalue weighted by atomic mass is 15.3. The maximum atomic E-state index is 4.29. The van der Waals surface area contributed by atoms with Crippen molar-refractivity contribution < 1.29 is 0 Å². The molecule has 0 radical (unpaired) electrons. The molecule has 0 saturated carbocycles. The molecule has 0 atom stereocenters. The highest BCUT2D eigenvalue weighted by Gasteiger charge is 1.99. The molecule has 0 aliphatic carbocycles. The molecule has 14 heavy (non-hydrogen) atoms. The minimum Gasteiger partial charge on any atom is -0.353 e. The van der Waals surface area contributed by atoms with Crippen molar-refractivity contribution in [2.24, 2.45) is 0 Å². The molecule has 0 saturated heterocycles. The van der Waals surface area contributed by atoms with Crippen LogP contribution in [0.5, 0.6) is 0 Å². The van der Waals surface area contributed by atoms with Gasteiger partial charge in [-0.2, -0.15) is 4.98 Å². The average molecular weight is 188 g/mol. The van der Waals surface area contributed by atoms with E-state index in [0.717, 1.165) is 18.6 Å². The maximum Gasteiger partial charge on any atom is 0.243 e. The summed E-state index contributed by atoms with van der Waals surface area (Å²) in [5.74, 6) is 0.665. The van der Waals surface area contributed by atoms with E-state index in [1.165, 1.54) is 0 Å². The van der Waals surface area contributed by atoms with E-state index in [4.69, 9.17) is 0 Å². The van der Waals surface area contributed by atoms with E-state index in [-0.39, 0.29) is 0 Å². The maximum absolute atomic E-state index is 4.29. The third-order valence-corrected chi connectivity index (χ3v) is 1.87. The molecule has 0 aromatic carbocycles. The fraction of sp³-hybridized carbons (Fsp3) is 0.200. The quantitative estimate of drug-likeness (QED) is 0.586. The van der Waals surface area contributed by atoms with Gasteiger partial charge in [-0.3, -0.25) is 0 Å². The molecule has 0 amide bonds. The second-order valence-corrected chi connectivity index (χ2v) is 2.94. The molecule has 0 fully saturated rings. The van der Waals surface area contributed by atoms with Gasteiger partial charge in [-0.15, -0.1) is 11.7 Å². The summed E-state index contributed by atoms with van der Waals surface area (Å²) in [5.41, 5.74) is 0.855. The summed E-state index contributed by atoms with van der Waals surface area (Å²) in [7, 11) is 0. The molecule has 0 unspecified atom stereocenters. The molecular formula is C10H12N4. The summed E-state index contributed by atoms with van der Waals surface area (Å²) in [6, 6.07) is 5.79. The Morgan fingerprint density at radius 3 is 3.21 bits per heavy atom. The Morgan fingerprint density at radius 1 is 1.50 bits per heavy atom. The molecule has 4 nitrogen and oxygen atoms in total. The Bertz CT molecular complexity index is 399. The van der Waals surface area contributed by atoms with Gasteiger partial charge in [-0.1, -0.05) is 12.1 Å². The van der Waals surface area contributed by atoms with E-state index in [2.05, 4.69) is 22.0 Å². The molecule has 0 aliphatic rings. The number of aromatic nitrogens is 3. The number of pyridine rings is 1. The van der Waals surface area contributed by atoms with Gasteiger partial charge in [0.1, 0.15) is 0 Å². The van der Waals surface area contributed by atoms with Crippen molar-refractivity contribution >= 4 is 11.6 Å². The van der Waals surface area contributed by atoms with Crippen LogP contribution in [0.2, 0.25) is 0 Å². The first-order valence-corrected chi connectivity index (χ1v) is 4.56. The predicted molar refractivity (Wildman–Crippen MR) is 56.3 cm³/mol. The lowest BCUT2D eigenvalue weighted by Crippen LogP contribution is -2.01. The summed E-state index contributed by atoms with van der Waals surface area (Å²) < 4.78 is 1.75. The minimum absolute atomic E-state index is 0.665. The number of hydrogen-bond acceptors (Lipinski definition) is 3. The van der Waals surface area contributed by atoms with Crippen LogP contribution in [-0.4, -0.2) is 21.1 Å². The van der Waals surface area contributed by atoms with Crippen LogP contribution in [-0.2, 0) is 0 Å². The van der Waals surface area contributed by atoms with Crippen LogP contribution in [0, 0.1) is 0 Å². The molecule has 4 heteroatoms. The van der Waals surface area contributed by atoms with Crippen LogP contribution in [0.1, 0.15) is 6.42 Å². The van der Waals surface area contributed by atoms with E-state index in [9.17, 15) is 0 Å². The van der Waals surface area contributed by atoms with Gasteiger partial charge in [-0.25, -0.2) is 4.52 Å². The second-order valence-electron chi connectivity index (χ2n) is 2.94. The highest BCUT2D eigenvalue weighted by Crippen LogP contribution is 2.03. The SMILES string of the molecule is C=CCCNc1nc2ccccn2n1. The van der Waals surface area contributed by atoms with Gasteiger partial charge in [0.25, 0.3) is 0 Å². The zero-order valence-corrected chi connectivity index (χ0v) is 7.85. The van der Waals surface area contributed by atoms with E-state index < -0.39 is 0 Å². The largest absolute Gasteiger partial charge is 0.353 e. The van der Waals surface area contributed by atoms with Gasteiger partial charge < -0.3 is 5.32 Å². The molecule has 1 N–H and O–H groups in total. The smallest absolute Gasteiger partial charge is 0.243 e. The molecule has 0 bridgehead atoms. The molecule has 2 heterocycles. The van der Waals surface area contributed by atoms with Gasteiger partial charge in [0.05, 0.1) is 0 Å². The van der Waals surface area contributed by atoms with Gasteiger partial charge in [-0.05, 0) is 18.6 Å². The third-order valence-electron chi connectivity index (χ3n) is 1.87. The van der Waals surface area contributed by atoms with Crippen LogP contribution in [0.3, 0.4) is 0 Å². The molecule has 2 aromatic heterocycles. The van der Waals surface area contributed by atoms with E-state index in [1.807, 2.05) is 30.5 Å². The third kappa shape index (κ3) is 1.74. The van der Waals surface area contributed by atoms with E-state index in [0.29, 0.717) is 5.95 Å². The van der Waals surface area contributed by atoms with Crippen molar-refractivity contribution in [3.05, 3.63) is 37.1 Å². The first-order valence-electron chi connectivity index (χ1n) is 4.56. The van der Waals surface area contributed by atoms with Crippen molar-refractivity contribution in [3.8, 4) is 0 Å². The fourth-order valence-corrected chi connectivity index (χ4v) is 1.19. The van der Waals surface area contributed by atoms with Gasteiger partial charge >= 0.3 is 0 Å². The number of nitrogens with zero attached hydrogens (tertiary/aromatic N) is 3. The first kappa shape index (κ1) is 8.74. The zero-order chi connectivity index (χ0) is 9.80. The Morgan fingerprint density at radius 2 is 2.43 bits per heavy atom. The Labute approximate surface area is 82.3 Å². The summed E-state index contributed by atoms with van der Waals surface area (Å²) in [6.45, 7) is 4.47. The van der Waals surface area contributed by atoms with Crippen LogP contribution >= 0.6 is 0 Å². The molecule has 2 rings (SSSR count). The van der Waals surface area contributed by atoms with Crippen LogP contribution in [0.4, 0.5) is 5.95 Å². The molecule has 72 valence electrons. The second kappa shape index (κ2) is 3.91. The normalized spacial score (nSPS) is 10.3. The number of nitrogens with one attached hydrogen (secondary N) is 1. The fourth-order valence-electron chi connectivity index (χ4n) is 1.19. The van der Waals surface area contributed by atoms with Gasteiger partial charge in [0.15, 0.2) is 5.65 Å². The van der Waals surface area contributed by atoms with Crippen molar-refractivity contribution in [1.82, 2.24) is 14.6 Å². The topological polar surface area (TPSA) is 42.2 Å².